The van der Waals surface area contributed by atoms with Gasteiger partial charge in [-0.2, -0.15) is 0 Å². The highest BCUT2D eigenvalue weighted by Gasteiger charge is 2.23. The number of carbonyl (C=O) groups excluding carboxylic acids is 1. The van der Waals surface area contributed by atoms with Crippen molar-refractivity contribution in [2.24, 2.45) is 0 Å². The topological polar surface area (TPSA) is 117 Å². The van der Waals surface area contributed by atoms with Crippen molar-refractivity contribution in [2.45, 2.75) is 38.0 Å². The largest absolute Gasteiger partial charge is 0.481 e. The number of nitrogens with zero attached hydrogens (tertiary/aromatic N) is 1. The molecule has 0 amide bonds. The van der Waals surface area contributed by atoms with Crippen molar-refractivity contribution in [1.29, 1.82) is 0 Å². The van der Waals surface area contributed by atoms with Crippen LogP contribution in [0.25, 0.3) is 0 Å². The Morgan fingerprint density at radius 1 is 0.806 bits per heavy atom. The minimum absolute atomic E-state index is 0.0260. The molecule has 3 aromatic rings. The first-order chi connectivity index (χ1) is 17.3. The van der Waals surface area contributed by atoms with Crippen molar-refractivity contribution in [3.63, 3.8) is 0 Å². The number of aliphatic carboxylic acids is 1. The van der Waals surface area contributed by atoms with Crippen molar-refractivity contribution in [3.8, 4) is 5.75 Å². The maximum atomic E-state index is 11.3. The molecule has 0 saturated carbocycles. The lowest BCUT2D eigenvalue weighted by molar-refractivity contribution is -0.214. The Labute approximate surface area is 210 Å². The smallest absolute Gasteiger partial charge is 0.366 e. The molecule has 8 nitrogen and oxygen atoms in total. The highest BCUT2D eigenvalue weighted by Crippen LogP contribution is 2.22. The van der Waals surface area contributed by atoms with Gasteiger partial charge in [-0.25, -0.2) is 9.68 Å². The van der Waals surface area contributed by atoms with Crippen LogP contribution < -0.4 is 4.89 Å². The van der Waals surface area contributed by atoms with E-state index in [1.165, 1.54) is 0 Å². The summed E-state index contributed by atoms with van der Waals surface area (Å²) in [7, 11) is 0. The SMILES string of the molecule is CC(Cc1ccc(OOC(=O)CC(=O)O)cc1)N(CC(O)c1ccccc1)CC(O)c1ccccc1. The third kappa shape index (κ3) is 8.49. The molecule has 3 aromatic carbocycles. The number of carboxylic acids is 1. The summed E-state index contributed by atoms with van der Waals surface area (Å²) in [6.07, 6.45) is -1.59. The normalized spacial score (nSPS) is 13.6. The van der Waals surface area contributed by atoms with Crippen LogP contribution in [-0.2, 0) is 20.9 Å². The molecule has 3 unspecified atom stereocenters. The summed E-state index contributed by atoms with van der Waals surface area (Å²) >= 11 is 0. The molecule has 0 aliphatic heterocycles. The van der Waals surface area contributed by atoms with Crippen LogP contribution in [0.5, 0.6) is 5.75 Å². The van der Waals surface area contributed by atoms with Crippen LogP contribution in [-0.4, -0.2) is 51.3 Å². The van der Waals surface area contributed by atoms with E-state index < -0.39 is 30.6 Å². The number of aliphatic hydroxyl groups is 2. The van der Waals surface area contributed by atoms with E-state index in [4.69, 9.17) is 9.99 Å². The average Bonchev–Trinajstić information content (AvgIpc) is 2.88. The summed E-state index contributed by atoms with van der Waals surface area (Å²) in [5.74, 6) is -2.03. The first kappa shape index (κ1) is 26.9. The van der Waals surface area contributed by atoms with Crippen molar-refractivity contribution in [2.75, 3.05) is 13.1 Å². The molecule has 0 spiro atoms. The van der Waals surface area contributed by atoms with E-state index in [0.29, 0.717) is 19.5 Å². The van der Waals surface area contributed by atoms with Gasteiger partial charge in [0.1, 0.15) is 6.42 Å². The van der Waals surface area contributed by atoms with Gasteiger partial charge in [0.05, 0.1) is 12.2 Å². The molecule has 0 heterocycles. The molecule has 0 radical (unpaired) electrons. The van der Waals surface area contributed by atoms with Crippen LogP contribution in [0.3, 0.4) is 0 Å². The lowest BCUT2D eigenvalue weighted by Crippen LogP contribution is -2.40. The molecule has 0 aliphatic rings. The van der Waals surface area contributed by atoms with Crippen LogP contribution >= 0.6 is 0 Å². The van der Waals surface area contributed by atoms with E-state index in [1.54, 1.807) is 12.1 Å². The fourth-order valence-electron chi connectivity index (χ4n) is 3.84. The number of hydrogen-bond donors (Lipinski definition) is 3. The van der Waals surface area contributed by atoms with E-state index >= 15 is 0 Å². The maximum absolute atomic E-state index is 11.3. The van der Waals surface area contributed by atoms with Gasteiger partial charge in [0, 0.05) is 19.1 Å². The van der Waals surface area contributed by atoms with Gasteiger partial charge in [0.15, 0.2) is 5.75 Å². The van der Waals surface area contributed by atoms with Crippen LogP contribution in [0, 0.1) is 0 Å². The van der Waals surface area contributed by atoms with Crippen molar-refractivity contribution < 1.29 is 34.7 Å². The van der Waals surface area contributed by atoms with Gasteiger partial charge in [-0.15, -0.1) is 0 Å². The molecule has 0 fully saturated rings. The number of carbonyl (C=O) groups is 2. The van der Waals surface area contributed by atoms with Crippen molar-refractivity contribution in [3.05, 3.63) is 102 Å². The fourth-order valence-corrected chi connectivity index (χ4v) is 3.84. The quantitative estimate of drug-likeness (QED) is 0.188. The predicted molar refractivity (Wildman–Crippen MR) is 133 cm³/mol. The second-order valence-electron chi connectivity index (χ2n) is 8.61. The lowest BCUT2D eigenvalue weighted by atomic mass is 10.0. The van der Waals surface area contributed by atoms with E-state index in [-0.39, 0.29) is 11.8 Å². The third-order valence-electron chi connectivity index (χ3n) is 5.79. The van der Waals surface area contributed by atoms with E-state index in [9.17, 15) is 19.8 Å². The molecule has 190 valence electrons. The summed E-state index contributed by atoms with van der Waals surface area (Å²) in [6, 6.07) is 25.7. The Balaban J connectivity index is 1.66. The van der Waals surface area contributed by atoms with Crippen LogP contribution in [0.15, 0.2) is 84.9 Å². The summed E-state index contributed by atoms with van der Waals surface area (Å²) in [6.45, 7) is 2.72. The molecule has 3 atom stereocenters. The van der Waals surface area contributed by atoms with Crippen LogP contribution in [0.2, 0.25) is 0 Å². The Kier molecular flexibility index (Phi) is 10.00. The van der Waals surface area contributed by atoms with Crippen LogP contribution in [0.1, 0.15) is 42.2 Å². The van der Waals surface area contributed by atoms with Gasteiger partial charge in [-0.1, -0.05) is 72.8 Å². The Morgan fingerprint density at radius 2 is 1.31 bits per heavy atom. The van der Waals surface area contributed by atoms with Gasteiger partial charge in [-0.3, -0.25) is 14.6 Å². The predicted octanol–water partition coefficient (Wildman–Crippen LogP) is 3.70. The zero-order valence-corrected chi connectivity index (χ0v) is 20.1. The summed E-state index contributed by atoms with van der Waals surface area (Å²) in [5, 5.41) is 30.3. The van der Waals surface area contributed by atoms with Gasteiger partial charge in [-0.05, 0) is 42.2 Å². The number of rotatable bonds is 13. The van der Waals surface area contributed by atoms with Gasteiger partial charge in [0.2, 0.25) is 0 Å². The Bertz CT molecular complexity index is 1040. The first-order valence-electron chi connectivity index (χ1n) is 11.7. The molecule has 8 heteroatoms. The van der Waals surface area contributed by atoms with E-state index in [1.807, 2.05) is 79.7 Å². The third-order valence-corrected chi connectivity index (χ3v) is 5.79. The second kappa shape index (κ2) is 13.4. The molecule has 36 heavy (non-hydrogen) atoms. The number of carboxylic acid groups (broad SMARTS) is 1. The summed E-state index contributed by atoms with van der Waals surface area (Å²) in [5.41, 5.74) is 2.59. The number of hydrogen-bond acceptors (Lipinski definition) is 7. The number of aliphatic hydroxyl groups excluding tert-OH is 2. The van der Waals surface area contributed by atoms with E-state index in [0.717, 1.165) is 16.7 Å². The Morgan fingerprint density at radius 3 is 1.78 bits per heavy atom. The van der Waals surface area contributed by atoms with Crippen molar-refractivity contribution >= 4 is 11.9 Å². The standard InChI is InChI=1S/C28H31NO7/c1-20(16-21-12-14-24(15-13-21)35-36-28(34)17-27(32)33)29(18-25(30)22-8-4-2-5-9-22)19-26(31)23-10-6-3-7-11-23/h2-15,20,25-26,30-31H,16-19H2,1H3,(H,32,33). The molecule has 3 rings (SSSR count). The van der Waals surface area contributed by atoms with Gasteiger partial charge >= 0.3 is 11.9 Å². The highest BCUT2D eigenvalue weighted by atomic mass is 17.2. The molecular weight excluding hydrogens is 462 g/mol. The monoisotopic (exact) mass is 493 g/mol. The van der Waals surface area contributed by atoms with E-state index in [2.05, 4.69) is 9.79 Å². The van der Waals surface area contributed by atoms with Crippen molar-refractivity contribution in [1.82, 2.24) is 4.90 Å². The molecule has 0 aromatic heterocycles. The molecule has 0 bridgehead atoms. The molecule has 0 saturated heterocycles. The Hall–Kier alpha value is -3.72. The molecule has 3 N–H and O–H groups in total. The van der Waals surface area contributed by atoms with Crippen LogP contribution in [0.4, 0.5) is 0 Å². The zero-order chi connectivity index (χ0) is 25.9. The van der Waals surface area contributed by atoms with Gasteiger partial charge in [0.25, 0.3) is 0 Å². The highest BCUT2D eigenvalue weighted by molar-refractivity contribution is 5.89. The van der Waals surface area contributed by atoms with Gasteiger partial charge < -0.3 is 15.3 Å². The second-order valence-corrected chi connectivity index (χ2v) is 8.61. The molecule has 0 aliphatic carbocycles. The number of benzene rings is 3. The first-order valence-corrected chi connectivity index (χ1v) is 11.7. The maximum Gasteiger partial charge on any atom is 0.366 e. The lowest BCUT2D eigenvalue weighted by Gasteiger charge is -2.33. The zero-order valence-electron chi connectivity index (χ0n) is 20.1. The molecular formula is C28H31NO7. The summed E-state index contributed by atoms with van der Waals surface area (Å²) < 4.78 is 0. The average molecular weight is 494 g/mol. The minimum atomic E-state index is -1.30. The fraction of sp³-hybridized carbons (Fsp3) is 0.286. The summed E-state index contributed by atoms with van der Waals surface area (Å²) in [4.78, 5) is 33.3. The minimum Gasteiger partial charge on any atom is -0.481 e.